The molecule has 2 heterocycles. The summed E-state index contributed by atoms with van der Waals surface area (Å²) in [5.41, 5.74) is 1.55. The number of carbonyl (C=O) groups is 1. The molecule has 2 aromatic rings. The average Bonchev–Trinajstić information content (AvgIpc) is 3.02. The molecule has 20 heavy (non-hydrogen) atoms. The molecular formula is C12H15N5OS2. The number of hydrogen-bond donors (Lipinski definition) is 2. The molecule has 0 radical (unpaired) electrons. The molecule has 0 bridgehead atoms. The molecule has 0 atom stereocenters. The van der Waals surface area contributed by atoms with Crippen LogP contribution in [0.3, 0.4) is 0 Å². The number of carbonyl (C=O) groups excluding carboxylic acids is 1. The molecule has 1 aliphatic rings. The first-order valence-corrected chi connectivity index (χ1v) is 8.29. The van der Waals surface area contributed by atoms with E-state index in [0.29, 0.717) is 18.2 Å². The average molecular weight is 309 g/mol. The Kier molecular flexibility index (Phi) is 4.02. The Balaban J connectivity index is 1.42. The van der Waals surface area contributed by atoms with Crippen LogP contribution >= 0.6 is 23.1 Å². The minimum Gasteiger partial charge on any atom is -0.350 e. The second kappa shape index (κ2) is 5.92. The van der Waals surface area contributed by atoms with Crippen LogP contribution in [0, 0.1) is 6.92 Å². The molecule has 0 unspecified atom stereocenters. The fourth-order valence-electron chi connectivity index (χ4n) is 1.79. The molecule has 0 aromatic carbocycles. The van der Waals surface area contributed by atoms with E-state index >= 15 is 0 Å². The molecule has 1 amide bonds. The fraction of sp³-hybridized carbons (Fsp3) is 0.500. The van der Waals surface area contributed by atoms with Crippen LogP contribution in [0.2, 0.25) is 0 Å². The van der Waals surface area contributed by atoms with E-state index in [4.69, 9.17) is 0 Å². The molecule has 3 rings (SSSR count). The standard InChI is InChI=1S/C12H15N5OS2/c1-7-14-17-12(20-7)19-5-4-13-11(18)10-6-9(15-16-10)8-2-3-8/h6,8H,2-5H2,1H3,(H,13,18)(H,15,16). The van der Waals surface area contributed by atoms with Gasteiger partial charge in [0.05, 0.1) is 0 Å². The highest BCUT2D eigenvalue weighted by atomic mass is 32.2. The first-order chi connectivity index (χ1) is 9.72. The van der Waals surface area contributed by atoms with Crippen molar-refractivity contribution < 1.29 is 4.79 Å². The third kappa shape index (κ3) is 3.37. The van der Waals surface area contributed by atoms with Gasteiger partial charge in [0.1, 0.15) is 10.7 Å². The number of H-pyrrole nitrogens is 1. The molecule has 0 saturated heterocycles. The quantitative estimate of drug-likeness (QED) is 0.629. The number of rotatable bonds is 6. The van der Waals surface area contributed by atoms with E-state index in [1.54, 1.807) is 23.1 Å². The van der Waals surface area contributed by atoms with Gasteiger partial charge in [-0.2, -0.15) is 5.10 Å². The van der Waals surface area contributed by atoms with Gasteiger partial charge in [0.2, 0.25) is 0 Å². The highest BCUT2D eigenvalue weighted by Crippen LogP contribution is 2.38. The Morgan fingerprint density at radius 1 is 1.55 bits per heavy atom. The summed E-state index contributed by atoms with van der Waals surface area (Å²) >= 11 is 3.17. The van der Waals surface area contributed by atoms with Gasteiger partial charge in [-0.05, 0) is 25.8 Å². The number of aryl methyl sites for hydroxylation is 1. The minimum atomic E-state index is -0.123. The van der Waals surface area contributed by atoms with Gasteiger partial charge in [0.25, 0.3) is 5.91 Å². The Bertz CT molecular complexity index is 605. The summed E-state index contributed by atoms with van der Waals surface area (Å²) in [5, 5.41) is 18.8. The highest BCUT2D eigenvalue weighted by molar-refractivity contribution is 8.01. The van der Waals surface area contributed by atoms with Crippen LogP contribution in [0.15, 0.2) is 10.4 Å². The minimum absolute atomic E-state index is 0.123. The molecule has 0 aliphatic heterocycles. The van der Waals surface area contributed by atoms with Crippen LogP contribution in [-0.2, 0) is 0 Å². The molecule has 0 spiro atoms. The number of hydrogen-bond acceptors (Lipinski definition) is 6. The summed E-state index contributed by atoms with van der Waals surface area (Å²) in [4.78, 5) is 11.9. The SMILES string of the molecule is Cc1nnc(SCCNC(=O)c2cc(C3CC3)[nH]n2)s1. The second-order valence-electron chi connectivity index (χ2n) is 4.67. The van der Waals surface area contributed by atoms with Gasteiger partial charge >= 0.3 is 0 Å². The van der Waals surface area contributed by atoms with Gasteiger partial charge in [0.15, 0.2) is 4.34 Å². The van der Waals surface area contributed by atoms with Crippen LogP contribution in [0.25, 0.3) is 0 Å². The van der Waals surface area contributed by atoms with Crippen LogP contribution < -0.4 is 5.32 Å². The van der Waals surface area contributed by atoms with Crippen molar-refractivity contribution in [2.75, 3.05) is 12.3 Å². The van der Waals surface area contributed by atoms with Gasteiger partial charge in [0, 0.05) is 23.9 Å². The summed E-state index contributed by atoms with van der Waals surface area (Å²) in [6.07, 6.45) is 2.39. The van der Waals surface area contributed by atoms with Gasteiger partial charge in [-0.1, -0.05) is 23.1 Å². The van der Waals surface area contributed by atoms with Crippen molar-refractivity contribution in [1.82, 2.24) is 25.7 Å². The third-order valence-corrected chi connectivity index (χ3v) is 4.94. The molecule has 8 heteroatoms. The van der Waals surface area contributed by atoms with Crippen LogP contribution in [-0.4, -0.2) is 38.6 Å². The molecule has 2 aromatic heterocycles. The van der Waals surface area contributed by atoms with Crippen molar-refractivity contribution in [2.24, 2.45) is 0 Å². The molecule has 1 fully saturated rings. The largest absolute Gasteiger partial charge is 0.350 e. The Morgan fingerprint density at radius 3 is 3.10 bits per heavy atom. The van der Waals surface area contributed by atoms with E-state index in [-0.39, 0.29) is 5.91 Å². The van der Waals surface area contributed by atoms with E-state index in [1.165, 1.54) is 12.8 Å². The first kappa shape index (κ1) is 13.6. The summed E-state index contributed by atoms with van der Waals surface area (Å²) in [5.74, 6) is 1.24. The van der Waals surface area contributed by atoms with Crippen molar-refractivity contribution >= 4 is 29.0 Å². The van der Waals surface area contributed by atoms with Gasteiger partial charge in [-0.3, -0.25) is 9.89 Å². The zero-order valence-electron chi connectivity index (χ0n) is 11.0. The number of aromatic amines is 1. The molecule has 1 aliphatic carbocycles. The fourth-order valence-corrected chi connectivity index (χ4v) is 3.53. The van der Waals surface area contributed by atoms with Crippen molar-refractivity contribution in [3.8, 4) is 0 Å². The maximum Gasteiger partial charge on any atom is 0.271 e. The van der Waals surface area contributed by atoms with Crippen LogP contribution in [0.1, 0.15) is 39.9 Å². The molecule has 2 N–H and O–H groups in total. The zero-order chi connectivity index (χ0) is 13.9. The van der Waals surface area contributed by atoms with Crippen LogP contribution in [0.4, 0.5) is 0 Å². The summed E-state index contributed by atoms with van der Waals surface area (Å²) < 4.78 is 0.938. The lowest BCUT2D eigenvalue weighted by molar-refractivity contribution is 0.0951. The maximum atomic E-state index is 11.9. The lowest BCUT2D eigenvalue weighted by atomic mass is 10.2. The number of aromatic nitrogens is 4. The van der Waals surface area contributed by atoms with Crippen molar-refractivity contribution in [3.63, 3.8) is 0 Å². The third-order valence-electron chi connectivity index (χ3n) is 2.97. The van der Waals surface area contributed by atoms with Gasteiger partial charge in [-0.15, -0.1) is 10.2 Å². The molecular weight excluding hydrogens is 294 g/mol. The normalized spacial score (nSPS) is 14.4. The van der Waals surface area contributed by atoms with E-state index < -0.39 is 0 Å². The monoisotopic (exact) mass is 309 g/mol. The lowest BCUT2D eigenvalue weighted by Gasteiger charge is -2.00. The Hall–Kier alpha value is -1.41. The number of nitrogens with zero attached hydrogens (tertiary/aromatic N) is 3. The summed E-state index contributed by atoms with van der Waals surface area (Å²) in [7, 11) is 0. The lowest BCUT2D eigenvalue weighted by Crippen LogP contribution is -2.26. The van der Waals surface area contributed by atoms with Gasteiger partial charge < -0.3 is 5.32 Å². The predicted octanol–water partition coefficient (Wildman–Crippen LogP) is 1.97. The van der Waals surface area contributed by atoms with E-state index in [1.807, 2.05) is 13.0 Å². The number of nitrogens with one attached hydrogen (secondary N) is 2. The topological polar surface area (TPSA) is 83.6 Å². The van der Waals surface area contributed by atoms with Gasteiger partial charge in [-0.25, -0.2) is 0 Å². The Labute approximate surface area is 124 Å². The van der Waals surface area contributed by atoms with Crippen molar-refractivity contribution in [1.29, 1.82) is 0 Å². The zero-order valence-corrected chi connectivity index (χ0v) is 12.7. The van der Waals surface area contributed by atoms with Crippen molar-refractivity contribution in [3.05, 3.63) is 22.5 Å². The highest BCUT2D eigenvalue weighted by Gasteiger charge is 2.26. The second-order valence-corrected chi connectivity index (χ2v) is 7.20. The smallest absolute Gasteiger partial charge is 0.271 e. The Morgan fingerprint density at radius 2 is 2.40 bits per heavy atom. The van der Waals surface area contributed by atoms with Crippen molar-refractivity contribution in [2.45, 2.75) is 30.0 Å². The van der Waals surface area contributed by atoms with Crippen LogP contribution in [0.5, 0.6) is 0 Å². The first-order valence-electron chi connectivity index (χ1n) is 6.49. The molecule has 6 nitrogen and oxygen atoms in total. The van der Waals surface area contributed by atoms with E-state index in [9.17, 15) is 4.79 Å². The summed E-state index contributed by atoms with van der Waals surface area (Å²) in [6, 6.07) is 1.86. The molecule has 1 saturated carbocycles. The van der Waals surface area contributed by atoms with E-state index in [0.717, 1.165) is 20.8 Å². The van der Waals surface area contributed by atoms with E-state index in [2.05, 4.69) is 25.7 Å². The summed E-state index contributed by atoms with van der Waals surface area (Å²) in [6.45, 7) is 2.52. The predicted molar refractivity (Wildman–Crippen MR) is 78.3 cm³/mol. The number of thioether (sulfide) groups is 1. The maximum absolute atomic E-state index is 11.9. The number of amides is 1. The molecule has 106 valence electrons.